The van der Waals surface area contributed by atoms with E-state index in [1.54, 1.807) is 0 Å². The van der Waals surface area contributed by atoms with Crippen molar-refractivity contribution in [3.63, 3.8) is 0 Å². The fourth-order valence-electron chi connectivity index (χ4n) is 1.44. The molecule has 3 N–H and O–H groups in total. The number of carbonyl (C=O) groups is 1. The number of carboxylic acids is 1. The number of carboxylic acid groups (broad SMARTS) is 1. The fraction of sp³-hybridized carbons (Fsp3) is 0.364. The van der Waals surface area contributed by atoms with Gasteiger partial charge in [-0.1, -0.05) is 30.3 Å². The molecule has 82 valence electrons. The van der Waals surface area contributed by atoms with Crippen molar-refractivity contribution >= 4 is 18.6 Å². The zero-order valence-electron chi connectivity index (χ0n) is 8.39. The zero-order chi connectivity index (χ0) is 11.3. The molecule has 0 aliphatic rings. The van der Waals surface area contributed by atoms with E-state index < -0.39 is 10.7 Å². The summed E-state index contributed by atoms with van der Waals surface area (Å²) in [6.45, 7) is 0.322. The Bertz CT molecular complexity index is 329. The van der Waals surface area contributed by atoms with Crippen molar-refractivity contribution in [3.8, 4) is 0 Å². The lowest BCUT2D eigenvalue weighted by Gasteiger charge is -2.23. The Morgan fingerprint density at radius 2 is 2.00 bits per heavy atom. The van der Waals surface area contributed by atoms with Crippen LogP contribution in [0.15, 0.2) is 30.3 Å². The highest BCUT2D eigenvalue weighted by atomic mass is 32.1. The van der Waals surface area contributed by atoms with Crippen molar-refractivity contribution in [1.29, 1.82) is 0 Å². The van der Waals surface area contributed by atoms with Gasteiger partial charge in [-0.3, -0.25) is 4.79 Å². The van der Waals surface area contributed by atoms with Crippen molar-refractivity contribution < 1.29 is 9.90 Å². The molecule has 1 aromatic rings. The second-order valence-corrected chi connectivity index (χ2v) is 4.39. The highest BCUT2D eigenvalue weighted by Crippen LogP contribution is 2.24. The molecule has 0 fully saturated rings. The quantitative estimate of drug-likeness (QED) is 0.662. The molecular formula is C11H15NO2S. The lowest BCUT2D eigenvalue weighted by molar-refractivity contribution is -0.139. The van der Waals surface area contributed by atoms with E-state index in [0.717, 1.165) is 5.56 Å². The number of hydrogen-bond acceptors (Lipinski definition) is 3. The van der Waals surface area contributed by atoms with Gasteiger partial charge in [-0.25, -0.2) is 0 Å². The van der Waals surface area contributed by atoms with E-state index in [-0.39, 0.29) is 0 Å². The number of aliphatic carboxylic acids is 1. The van der Waals surface area contributed by atoms with Crippen LogP contribution >= 0.6 is 12.6 Å². The van der Waals surface area contributed by atoms with E-state index in [4.69, 9.17) is 10.8 Å². The Balaban J connectivity index is 2.80. The van der Waals surface area contributed by atoms with Crippen molar-refractivity contribution in [2.24, 2.45) is 5.73 Å². The molecule has 0 spiro atoms. The summed E-state index contributed by atoms with van der Waals surface area (Å²) in [5.74, 6) is -0.917. The monoisotopic (exact) mass is 225 g/mol. The van der Waals surface area contributed by atoms with Crippen LogP contribution in [-0.4, -0.2) is 22.4 Å². The summed E-state index contributed by atoms with van der Waals surface area (Å²) in [5.41, 5.74) is 6.36. The topological polar surface area (TPSA) is 63.3 Å². The van der Waals surface area contributed by atoms with Crippen molar-refractivity contribution in [2.45, 2.75) is 17.6 Å². The molecule has 0 aliphatic heterocycles. The first-order chi connectivity index (χ1) is 7.08. The third-order valence-electron chi connectivity index (χ3n) is 2.30. The zero-order valence-corrected chi connectivity index (χ0v) is 9.28. The minimum absolute atomic E-state index is 0.322. The number of benzene rings is 1. The van der Waals surface area contributed by atoms with Crippen LogP contribution in [0.5, 0.6) is 0 Å². The van der Waals surface area contributed by atoms with E-state index in [2.05, 4.69) is 12.6 Å². The van der Waals surface area contributed by atoms with Crippen LogP contribution in [-0.2, 0) is 11.2 Å². The van der Waals surface area contributed by atoms with Crippen molar-refractivity contribution in [2.75, 3.05) is 6.54 Å². The van der Waals surface area contributed by atoms with Gasteiger partial charge in [-0.05, 0) is 24.9 Å². The van der Waals surface area contributed by atoms with Crippen LogP contribution in [0.1, 0.15) is 12.0 Å². The maximum Gasteiger partial charge on any atom is 0.319 e. The highest BCUT2D eigenvalue weighted by molar-refractivity contribution is 7.82. The number of rotatable bonds is 5. The van der Waals surface area contributed by atoms with Gasteiger partial charge < -0.3 is 10.8 Å². The van der Waals surface area contributed by atoms with Gasteiger partial charge in [0.25, 0.3) is 0 Å². The summed E-state index contributed by atoms with van der Waals surface area (Å²) < 4.78 is -1.06. The molecule has 3 nitrogen and oxygen atoms in total. The minimum Gasteiger partial charge on any atom is -0.480 e. The Labute approximate surface area is 94.7 Å². The summed E-state index contributed by atoms with van der Waals surface area (Å²) in [5, 5.41) is 9.09. The average molecular weight is 225 g/mol. The summed E-state index contributed by atoms with van der Waals surface area (Å²) >= 11 is 4.23. The lowest BCUT2D eigenvalue weighted by Crippen LogP contribution is -2.37. The summed E-state index contributed by atoms with van der Waals surface area (Å²) in [6, 6.07) is 9.45. The number of thiol groups is 1. The first kappa shape index (κ1) is 12.1. The molecule has 4 heteroatoms. The van der Waals surface area contributed by atoms with Gasteiger partial charge in [0.1, 0.15) is 4.75 Å². The summed E-state index contributed by atoms with van der Waals surface area (Å²) in [4.78, 5) is 11.1. The van der Waals surface area contributed by atoms with E-state index in [1.165, 1.54) is 0 Å². The van der Waals surface area contributed by atoms with Gasteiger partial charge in [0.15, 0.2) is 0 Å². The molecule has 0 radical (unpaired) electrons. The van der Waals surface area contributed by atoms with Crippen LogP contribution in [0.25, 0.3) is 0 Å². The number of hydrogen-bond donors (Lipinski definition) is 3. The molecule has 1 aromatic carbocycles. The molecule has 0 amide bonds. The predicted molar refractivity (Wildman–Crippen MR) is 63.2 cm³/mol. The largest absolute Gasteiger partial charge is 0.480 e. The molecule has 1 unspecified atom stereocenters. The normalized spacial score (nSPS) is 14.5. The van der Waals surface area contributed by atoms with Gasteiger partial charge >= 0.3 is 5.97 Å². The average Bonchev–Trinajstić information content (AvgIpc) is 2.19. The molecular weight excluding hydrogens is 210 g/mol. The van der Waals surface area contributed by atoms with Crippen LogP contribution in [0.3, 0.4) is 0 Å². The molecule has 15 heavy (non-hydrogen) atoms. The Morgan fingerprint density at radius 3 is 2.47 bits per heavy atom. The van der Waals surface area contributed by atoms with E-state index >= 15 is 0 Å². The second-order valence-electron chi connectivity index (χ2n) is 3.54. The van der Waals surface area contributed by atoms with E-state index in [0.29, 0.717) is 19.4 Å². The molecule has 1 atom stereocenters. The van der Waals surface area contributed by atoms with Gasteiger partial charge in [-0.15, -0.1) is 0 Å². The first-order valence-electron chi connectivity index (χ1n) is 4.78. The first-order valence-corrected chi connectivity index (χ1v) is 5.23. The maximum atomic E-state index is 11.1. The molecule has 1 rings (SSSR count). The van der Waals surface area contributed by atoms with E-state index in [9.17, 15) is 4.79 Å². The van der Waals surface area contributed by atoms with Gasteiger partial charge in [0.05, 0.1) is 0 Å². The Hall–Kier alpha value is -1.00. The minimum atomic E-state index is -1.06. The fourth-order valence-corrected chi connectivity index (χ4v) is 1.75. The second kappa shape index (κ2) is 5.19. The van der Waals surface area contributed by atoms with Crippen LogP contribution in [0, 0.1) is 0 Å². The van der Waals surface area contributed by atoms with E-state index in [1.807, 2.05) is 30.3 Å². The molecule has 0 aliphatic carbocycles. The maximum absolute atomic E-state index is 11.1. The van der Waals surface area contributed by atoms with Gasteiger partial charge in [-0.2, -0.15) is 12.6 Å². The Morgan fingerprint density at radius 1 is 1.40 bits per heavy atom. The van der Waals surface area contributed by atoms with Crippen LogP contribution in [0.2, 0.25) is 0 Å². The molecule has 0 saturated carbocycles. The third-order valence-corrected chi connectivity index (χ3v) is 2.87. The SMILES string of the molecule is NCCC(S)(Cc1ccccc1)C(=O)O. The predicted octanol–water partition coefficient (Wildman–Crippen LogP) is 1.33. The molecule has 0 heterocycles. The third kappa shape index (κ3) is 3.25. The highest BCUT2D eigenvalue weighted by Gasteiger charge is 2.33. The molecule has 0 bridgehead atoms. The standard InChI is InChI=1S/C11H15NO2S/c12-7-6-11(15,10(13)14)8-9-4-2-1-3-5-9/h1-5,15H,6-8,12H2,(H,13,14). The summed E-state index contributed by atoms with van der Waals surface area (Å²) in [7, 11) is 0. The van der Waals surface area contributed by atoms with Gasteiger partial charge in [0.2, 0.25) is 0 Å². The Kier molecular flexibility index (Phi) is 4.17. The van der Waals surface area contributed by atoms with Crippen LogP contribution in [0.4, 0.5) is 0 Å². The van der Waals surface area contributed by atoms with Gasteiger partial charge in [0, 0.05) is 0 Å². The smallest absolute Gasteiger partial charge is 0.319 e. The van der Waals surface area contributed by atoms with Crippen LogP contribution < -0.4 is 5.73 Å². The van der Waals surface area contributed by atoms with Crippen molar-refractivity contribution in [1.82, 2.24) is 0 Å². The molecule has 0 aromatic heterocycles. The summed E-state index contributed by atoms with van der Waals surface area (Å²) in [6.07, 6.45) is 0.754. The molecule has 0 saturated heterocycles. The van der Waals surface area contributed by atoms with Crippen molar-refractivity contribution in [3.05, 3.63) is 35.9 Å². The number of nitrogens with two attached hydrogens (primary N) is 1. The lowest BCUT2D eigenvalue weighted by atomic mass is 9.95.